The van der Waals surface area contributed by atoms with E-state index in [1.54, 1.807) is 0 Å². The number of nitriles is 1. The Balaban J connectivity index is 2.03. The van der Waals surface area contributed by atoms with Crippen LogP contribution in [-0.2, 0) is 0 Å². The van der Waals surface area contributed by atoms with Crippen molar-refractivity contribution in [2.45, 2.75) is 44.1 Å². The molecule has 78 valence electrons. The SMILES string of the molecule is N#CC12CC3CC(C1)CC(N=[N+]=[N-])(C3)C2. The van der Waals surface area contributed by atoms with Gasteiger partial charge in [0.2, 0.25) is 0 Å². The maximum absolute atomic E-state index is 9.33. The largest absolute Gasteiger partial charge is 0.198 e. The zero-order valence-electron chi connectivity index (χ0n) is 8.69. The Kier molecular flexibility index (Phi) is 1.62. The summed E-state index contributed by atoms with van der Waals surface area (Å²) in [4.78, 5) is 3.01. The maximum atomic E-state index is 9.33. The summed E-state index contributed by atoms with van der Waals surface area (Å²) in [5, 5.41) is 13.4. The summed E-state index contributed by atoms with van der Waals surface area (Å²) in [7, 11) is 0. The van der Waals surface area contributed by atoms with Crippen LogP contribution >= 0.6 is 0 Å². The molecule has 0 aliphatic heterocycles. The van der Waals surface area contributed by atoms with Crippen LogP contribution in [0.3, 0.4) is 0 Å². The molecule has 2 atom stereocenters. The molecule has 0 radical (unpaired) electrons. The van der Waals surface area contributed by atoms with Crippen LogP contribution in [0.1, 0.15) is 38.5 Å². The molecule has 0 N–H and O–H groups in total. The topological polar surface area (TPSA) is 72.5 Å². The molecule has 0 spiro atoms. The predicted octanol–water partition coefficient (Wildman–Crippen LogP) is 3.16. The molecule has 4 rings (SSSR count). The lowest BCUT2D eigenvalue weighted by Gasteiger charge is -2.58. The highest BCUT2D eigenvalue weighted by atomic mass is 15.2. The van der Waals surface area contributed by atoms with Gasteiger partial charge in [0.05, 0.1) is 17.0 Å². The standard InChI is InChI=1S/C11H14N4/c12-7-10-2-8-1-9(3-10)5-11(4-8,6-10)14-15-13/h8-9H,1-6H2. The molecule has 0 saturated heterocycles. The van der Waals surface area contributed by atoms with Gasteiger partial charge in [-0.3, -0.25) is 0 Å². The highest BCUT2D eigenvalue weighted by Gasteiger charge is 2.57. The summed E-state index contributed by atoms with van der Waals surface area (Å²) in [6, 6.07) is 2.51. The average Bonchev–Trinajstić information content (AvgIpc) is 2.15. The van der Waals surface area contributed by atoms with Gasteiger partial charge in [-0.15, -0.1) is 0 Å². The first-order chi connectivity index (χ1) is 7.19. The second-order valence-corrected chi connectivity index (χ2v) is 5.77. The monoisotopic (exact) mass is 202 g/mol. The first kappa shape index (κ1) is 9.06. The van der Waals surface area contributed by atoms with E-state index >= 15 is 0 Å². The summed E-state index contributed by atoms with van der Waals surface area (Å²) < 4.78 is 0. The first-order valence-corrected chi connectivity index (χ1v) is 5.67. The minimum Gasteiger partial charge on any atom is -0.198 e. The molecule has 4 heteroatoms. The molecule has 2 unspecified atom stereocenters. The van der Waals surface area contributed by atoms with E-state index in [9.17, 15) is 5.26 Å². The van der Waals surface area contributed by atoms with Crippen molar-refractivity contribution in [2.24, 2.45) is 22.4 Å². The van der Waals surface area contributed by atoms with Crippen molar-refractivity contribution < 1.29 is 0 Å². The van der Waals surface area contributed by atoms with E-state index in [2.05, 4.69) is 16.1 Å². The van der Waals surface area contributed by atoms with Crippen LogP contribution < -0.4 is 0 Å². The Morgan fingerprint density at radius 2 is 1.93 bits per heavy atom. The van der Waals surface area contributed by atoms with E-state index in [0.29, 0.717) is 11.8 Å². The maximum Gasteiger partial charge on any atom is 0.0690 e. The van der Waals surface area contributed by atoms with Crippen molar-refractivity contribution in [2.75, 3.05) is 0 Å². The van der Waals surface area contributed by atoms with Gasteiger partial charge in [-0.05, 0) is 55.9 Å². The van der Waals surface area contributed by atoms with Crippen molar-refractivity contribution in [1.82, 2.24) is 0 Å². The van der Waals surface area contributed by atoms with Gasteiger partial charge in [0.1, 0.15) is 0 Å². The van der Waals surface area contributed by atoms with Crippen molar-refractivity contribution in [3.63, 3.8) is 0 Å². The molecule has 0 aromatic heterocycles. The van der Waals surface area contributed by atoms with Crippen molar-refractivity contribution in [1.29, 1.82) is 5.26 Å². The van der Waals surface area contributed by atoms with E-state index in [1.807, 2.05) is 0 Å². The van der Waals surface area contributed by atoms with E-state index in [-0.39, 0.29) is 11.0 Å². The normalized spacial score (nSPS) is 50.9. The van der Waals surface area contributed by atoms with E-state index in [1.165, 1.54) is 6.42 Å². The van der Waals surface area contributed by atoms with Crippen molar-refractivity contribution in [3.8, 4) is 6.07 Å². The molecule has 4 fully saturated rings. The fourth-order valence-electron chi connectivity index (χ4n) is 4.56. The van der Waals surface area contributed by atoms with Gasteiger partial charge in [0.15, 0.2) is 0 Å². The Morgan fingerprint density at radius 1 is 1.27 bits per heavy atom. The third-order valence-electron chi connectivity index (χ3n) is 4.52. The highest BCUT2D eigenvalue weighted by Crippen LogP contribution is 2.62. The Morgan fingerprint density at radius 3 is 2.47 bits per heavy atom. The van der Waals surface area contributed by atoms with Gasteiger partial charge in [-0.2, -0.15) is 5.26 Å². The zero-order chi connectivity index (χ0) is 10.5. The van der Waals surface area contributed by atoms with E-state index < -0.39 is 0 Å². The molecule has 4 aliphatic rings. The van der Waals surface area contributed by atoms with Crippen LogP contribution in [0.15, 0.2) is 5.11 Å². The molecule has 0 aromatic rings. The second kappa shape index (κ2) is 2.68. The van der Waals surface area contributed by atoms with E-state index in [0.717, 1.165) is 32.1 Å². The minimum atomic E-state index is -0.200. The number of rotatable bonds is 1. The van der Waals surface area contributed by atoms with E-state index in [4.69, 9.17) is 5.53 Å². The Bertz CT molecular complexity index is 374. The number of nitrogens with zero attached hydrogens (tertiary/aromatic N) is 4. The first-order valence-electron chi connectivity index (χ1n) is 5.67. The van der Waals surface area contributed by atoms with Gasteiger partial charge in [0, 0.05) is 4.91 Å². The fourth-order valence-corrected chi connectivity index (χ4v) is 4.56. The van der Waals surface area contributed by atoms with Gasteiger partial charge >= 0.3 is 0 Å². The van der Waals surface area contributed by atoms with Crippen molar-refractivity contribution in [3.05, 3.63) is 10.4 Å². The predicted molar refractivity (Wildman–Crippen MR) is 54.6 cm³/mol. The van der Waals surface area contributed by atoms with Crippen LogP contribution in [0.4, 0.5) is 0 Å². The van der Waals surface area contributed by atoms with Gasteiger partial charge in [0.25, 0.3) is 0 Å². The van der Waals surface area contributed by atoms with Gasteiger partial charge < -0.3 is 0 Å². The lowest BCUT2D eigenvalue weighted by Crippen LogP contribution is -2.54. The van der Waals surface area contributed by atoms with Gasteiger partial charge in [-0.1, -0.05) is 5.11 Å². The third kappa shape index (κ3) is 1.16. The quantitative estimate of drug-likeness (QED) is 0.365. The van der Waals surface area contributed by atoms with Gasteiger partial charge in [-0.25, -0.2) is 0 Å². The second-order valence-electron chi connectivity index (χ2n) is 5.77. The zero-order valence-corrected chi connectivity index (χ0v) is 8.69. The molecule has 0 amide bonds. The summed E-state index contributed by atoms with van der Waals surface area (Å²) in [6.45, 7) is 0. The Hall–Kier alpha value is -1.20. The summed E-state index contributed by atoms with van der Waals surface area (Å²) >= 11 is 0. The lowest BCUT2D eigenvalue weighted by molar-refractivity contribution is -0.0357. The van der Waals surface area contributed by atoms with Crippen LogP contribution in [0.25, 0.3) is 10.4 Å². The summed E-state index contributed by atoms with van der Waals surface area (Å²) in [5.74, 6) is 1.27. The van der Waals surface area contributed by atoms with Crippen molar-refractivity contribution >= 4 is 0 Å². The number of hydrogen-bond acceptors (Lipinski definition) is 2. The molecule has 0 heterocycles. The molecule has 15 heavy (non-hydrogen) atoms. The lowest BCUT2D eigenvalue weighted by atomic mass is 9.47. The molecule has 0 aromatic carbocycles. The molecule has 4 saturated carbocycles. The number of azide groups is 1. The van der Waals surface area contributed by atoms with Crippen LogP contribution in [0, 0.1) is 28.6 Å². The molecular formula is C11H14N4. The summed E-state index contributed by atoms with van der Waals surface area (Å²) in [6.07, 6.45) is 6.21. The molecular weight excluding hydrogens is 188 g/mol. The molecule has 4 bridgehead atoms. The molecule has 4 nitrogen and oxygen atoms in total. The Labute approximate surface area is 88.9 Å². The van der Waals surface area contributed by atoms with Crippen LogP contribution in [-0.4, -0.2) is 5.54 Å². The molecule has 4 aliphatic carbocycles. The van der Waals surface area contributed by atoms with Crippen LogP contribution in [0.5, 0.6) is 0 Å². The highest BCUT2D eigenvalue weighted by molar-refractivity contribution is 5.18. The smallest absolute Gasteiger partial charge is 0.0690 e. The van der Waals surface area contributed by atoms with Crippen LogP contribution in [0.2, 0.25) is 0 Å². The minimum absolute atomic E-state index is 0.154. The third-order valence-corrected chi connectivity index (χ3v) is 4.52. The number of hydrogen-bond donors (Lipinski definition) is 0. The average molecular weight is 202 g/mol. The summed E-state index contributed by atoms with van der Waals surface area (Å²) in [5.41, 5.74) is 8.30. The fraction of sp³-hybridized carbons (Fsp3) is 0.909.